The first kappa shape index (κ1) is 29.1. The molecule has 4 rings (SSSR count). The first-order chi connectivity index (χ1) is 19.5. The van der Waals surface area contributed by atoms with E-state index in [9.17, 15) is 4.57 Å². The van der Waals surface area contributed by atoms with Crippen molar-refractivity contribution in [1.82, 2.24) is 0 Å². The maximum absolute atomic E-state index is 10.6. The number of benzene rings is 4. The van der Waals surface area contributed by atoms with E-state index >= 15 is 0 Å². The van der Waals surface area contributed by atoms with Crippen LogP contribution >= 0.6 is 8.25 Å². The van der Waals surface area contributed by atoms with Gasteiger partial charge in [-0.2, -0.15) is 0 Å². The number of ether oxygens (including phenoxy) is 5. The van der Waals surface area contributed by atoms with Gasteiger partial charge in [0.05, 0.1) is 20.8 Å². The van der Waals surface area contributed by atoms with Crippen LogP contribution in [0.1, 0.15) is 16.7 Å². The number of methoxy groups -OCH3 is 2. The summed E-state index contributed by atoms with van der Waals surface area (Å²) < 4.78 is 44.2. The van der Waals surface area contributed by atoms with Gasteiger partial charge in [-0.15, -0.1) is 9.42 Å². The molecule has 0 heterocycles. The van der Waals surface area contributed by atoms with Crippen molar-refractivity contribution < 1.29 is 37.7 Å². The molecule has 1 atom stereocenters. The van der Waals surface area contributed by atoms with Crippen LogP contribution in [-0.2, 0) is 19.4 Å². The summed E-state index contributed by atoms with van der Waals surface area (Å²) in [5, 5.41) is 0. The van der Waals surface area contributed by atoms with Gasteiger partial charge in [0.15, 0.2) is 0 Å². The van der Waals surface area contributed by atoms with E-state index in [-0.39, 0.29) is 13.2 Å². The lowest BCUT2D eigenvalue weighted by Crippen LogP contribution is -2.34. The second-order valence-electron chi connectivity index (χ2n) is 8.59. The minimum absolute atomic E-state index is 0.0207. The maximum atomic E-state index is 10.6. The van der Waals surface area contributed by atoms with Crippen molar-refractivity contribution in [3.63, 3.8) is 0 Å². The lowest BCUT2D eigenvalue weighted by atomic mass is 9.80. The summed E-state index contributed by atoms with van der Waals surface area (Å²) in [6.07, 6.45) is 0. The molecule has 0 aromatic heterocycles. The van der Waals surface area contributed by atoms with E-state index in [1.165, 1.54) is 0 Å². The highest BCUT2D eigenvalue weighted by atomic mass is 31.1. The van der Waals surface area contributed by atoms with Gasteiger partial charge >= 0.3 is 8.25 Å². The monoisotopic (exact) mass is 563 g/mol. The van der Waals surface area contributed by atoms with Crippen LogP contribution in [-0.4, -0.2) is 45.5 Å². The molecule has 0 aliphatic heterocycles. The van der Waals surface area contributed by atoms with Crippen LogP contribution in [0.25, 0.3) is 0 Å². The Morgan fingerprint density at radius 2 is 1.00 bits per heavy atom. The molecule has 0 fully saturated rings. The SMILES string of the molecule is COc1ccc(C(OCCOc2ccc(OCCO[P+](=O)O)cc2)(c2ccccc2)c2ccc(OC)cc2)cc1. The van der Waals surface area contributed by atoms with Crippen molar-refractivity contribution in [3.05, 3.63) is 120 Å². The van der Waals surface area contributed by atoms with Crippen LogP contribution < -0.4 is 18.9 Å². The Morgan fingerprint density at radius 3 is 1.45 bits per heavy atom. The lowest BCUT2D eigenvalue weighted by molar-refractivity contribution is -0.00245. The highest BCUT2D eigenvalue weighted by Gasteiger charge is 2.37. The molecule has 4 aromatic rings. The maximum Gasteiger partial charge on any atom is 0.694 e. The topological polar surface area (TPSA) is 92.7 Å². The first-order valence-corrected chi connectivity index (χ1v) is 13.8. The fourth-order valence-corrected chi connectivity index (χ4v) is 4.57. The van der Waals surface area contributed by atoms with E-state index in [4.69, 9.17) is 28.6 Å². The molecule has 4 aromatic carbocycles. The Hall–Kier alpha value is -3.94. The molecule has 0 aliphatic rings. The minimum atomic E-state index is -2.63. The molecular weight excluding hydrogens is 531 g/mol. The van der Waals surface area contributed by atoms with Crippen LogP contribution in [0.5, 0.6) is 23.0 Å². The highest BCUT2D eigenvalue weighted by molar-refractivity contribution is 7.32. The summed E-state index contributed by atoms with van der Waals surface area (Å²) in [4.78, 5) is 8.67. The van der Waals surface area contributed by atoms with E-state index in [2.05, 4.69) is 16.7 Å². The summed E-state index contributed by atoms with van der Waals surface area (Å²) in [6.45, 7) is 0.779. The van der Waals surface area contributed by atoms with Crippen LogP contribution in [0.15, 0.2) is 103 Å². The van der Waals surface area contributed by atoms with Crippen LogP contribution in [0, 0.1) is 0 Å². The van der Waals surface area contributed by atoms with Crippen molar-refractivity contribution in [2.75, 3.05) is 40.6 Å². The van der Waals surface area contributed by atoms with Crippen LogP contribution in [0.3, 0.4) is 0 Å². The summed E-state index contributed by atoms with van der Waals surface area (Å²) in [7, 11) is 0.661. The molecule has 1 N–H and O–H groups in total. The molecule has 9 heteroatoms. The summed E-state index contributed by atoms with van der Waals surface area (Å²) in [5.74, 6) is 2.77. The van der Waals surface area contributed by atoms with Gasteiger partial charge in [-0.05, 0) is 65.2 Å². The molecular formula is C31H32O8P+. The van der Waals surface area contributed by atoms with Gasteiger partial charge in [-0.1, -0.05) is 54.6 Å². The second-order valence-corrected chi connectivity index (χ2v) is 9.33. The van der Waals surface area contributed by atoms with Gasteiger partial charge < -0.3 is 23.7 Å². The Labute approximate surface area is 235 Å². The zero-order chi connectivity index (χ0) is 28.2. The molecule has 0 aliphatic carbocycles. The fraction of sp³-hybridized carbons (Fsp3) is 0.226. The molecule has 0 bridgehead atoms. The first-order valence-electron chi connectivity index (χ1n) is 12.7. The van der Waals surface area contributed by atoms with E-state index in [0.29, 0.717) is 24.7 Å². The third-order valence-corrected chi connectivity index (χ3v) is 6.63. The van der Waals surface area contributed by atoms with Crippen molar-refractivity contribution in [1.29, 1.82) is 0 Å². The zero-order valence-corrected chi connectivity index (χ0v) is 23.3. The van der Waals surface area contributed by atoms with E-state index in [1.54, 1.807) is 38.5 Å². The summed E-state index contributed by atoms with van der Waals surface area (Å²) >= 11 is 0. The van der Waals surface area contributed by atoms with Gasteiger partial charge in [0.2, 0.25) is 0 Å². The molecule has 8 nitrogen and oxygen atoms in total. The van der Waals surface area contributed by atoms with Gasteiger partial charge in [0, 0.05) is 4.57 Å². The molecule has 208 valence electrons. The lowest BCUT2D eigenvalue weighted by Gasteiger charge is -2.36. The predicted octanol–water partition coefficient (Wildman–Crippen LogP) is 6.14. The molecule has 0 amide bonds. The zero-order valence-electron chi connectivity index (χ0n) is 22.4. The standard InChI is InChI=1S/C31H31O8P/c1-34-27-12-8-25(9-13-27)31(24-6-4-3-5-7-24,26-10-14-28(35-2)15-11-26)38-22-20-36-29-16-18-30(19-17-29)37-21-23-39-40(32)33/h3-19H,20-23H2,1-2H3/p+1. The van der Waals surface area contributed by atoms with E-state index in [1.807, 2.05) is 66.7 Å². The van der Waals surface area contributed by atoms with Crippen molar-refractivity contribution >= 4 is 8.25 Å². The molecule has 0 saturated heterocycles. The average molecular weight is 564 g/mol. The Balaban J connectivity index is 1.53. The molecule has 1 unspecified atom stereocenters. The quantitative estimate of drug-likeness (QED) is 0.105. The molecule has 0 radical (unpaired) electrons. The second kappa shape index (κ2) is 14.4. The number of hydrogen-bond acceptors (Lipinski definition) is 7. The van der Waals surface area contributed by atoms with E-state index < -0.39 is 13.9 Å². The van der Waals surface area contributed by atoms with Crippen LogP contribution in [0.2, 0.25) is 0 Å². The van der Waals surface area contributed by atoms with Crippen LogP contribution in [0.4, 0.5) is 0 Å². The highest BCUT2D eigenvalue weighted by Crippen LogP contribution is 2.41. The fourth-order valence-electron chi connectivity index (χ4n) is 4.34. The van der Waals surface area contributed by atoms with Crippen molar-refractivity contribution in [3.8, 4) is 23.0 Å². The summed E-state index contributed by atoms with van der Waals surface area (Å²) in [5.41, 5.74) is 1.95. The smallest absolute Gasteiger partial charge is 0.497 e. The molecule has 0 saturated carbocycles. The molecule has 40 heavy (non-hydrogen) atoms. The third kappa shape index (κ3) is 7.37. The normalized spacial score (nSPS) is 11.5. The van der Waals surface area contributed by atoms with Gasteiger partial charge in [0.25, 0.3) is 0 Å². The minimum Gasteiger partial charge on any atom is -0.497 e. The van der Waals surface area contributed by atoms with E-state index in [0.717, 1.165) is 28.2 Å². The predicted molar refractivity (Wildman–Crippen MR) is 151 cm³/mol. The molecule has 0 spiro atoms. The average Bonchev–Trinajstić information content (AvgIpc) is 3.01. The van der Waals surface area contributed by atoms with Crippen molar-refractivity contribution in [2.45, 2.75) is 5.60 Å². The number of hydrogen-bond donors (Lipinski definition) is 1. The van der Waals surface area contributed by atoms with Crippen molar-refractivity contribution in [2.24, 2.45) is 0 Å². The number of rotatable bonds is 15. The summed E-state index contributed by atoms with van der Waals surface area (Å²) in [6, 6.07) is 32.9. The third-order valence-electron chi connectivity index (χ3n) is 6.22. The van der Waals surface area contributed by atoms with Gasteiger partial charge in [-0.25, -0.2) is 0 Å². The Bertz CT molecular complexity index is 1280. The van der Waals surface area contributed by atoms with Gasteiger partial charge in [0.1, 0.15) is 48.4 Å². The Morgan fingerprint density at radius 1 is 0.575 bits per heavy atom. The largest absolute Gasteiger partial charge is 0.694 e. The Kier molecular flexibility index (Phi) is 10.5. The van der Waals surface area contributed by atoms with Gasteiger partial charge in [-0.3, -0.25) is 0 Å².